The van der Waals surface area contributed by atoms with E-state index in [1.807, 2.05) is 0 Å². The van der Waals surface area contributed by atoms with Gasteiger partial charge in [0.15, 0.2) is 0 Å². The Morgan fingerprint density at radius 3 is 1.95 bits per heavy atom. The van der Waals surface area contributed by atoms with E-state index in [1.54, 1.807) is 38.5 Å². The number of methoxy groups -OCH3 is 2. The fourth-order valence-corrected chi connectivity index (χ4v) is 1.82. The van der Waals surface area contributed by atoms with Gasteiger partial charge in [-0.15, -0.1) is 0 Å². The van der Waals surface area contributed by atoms with Crippen LogP contribution in [0, 0.1) is 0 Å². The second-order valence-electron chi connectivity index (χ2n) is 4.91. The van der Waals surface area contributed by atoms with Crippen molar-refractivity contribution in [2.75, 3.05) is 40.6 Å². The molecule has 0 aliphatic carbocycles. The third-order valence-corrected chi connectivity index (χ3v) is 3.08. The van der Waals surface area contributed by atoms with Crippen molar-refractivity contribution < 1.29 is 23.7 Å². The van der Waals surface area contributed by atoms with Crippen LogP contribution in [0.25, 0.3) is 0 Å². The molecule has 1 aromatic carbocycles. The minimum absolute atomic E-state index is 0.302. The number of hydrogen-bond donors (Lipinski definition) is 0. The lowest BCUT2D eigenvalue weighted by Crippen LogP contribution is -2.07. The van der Waals surface area contributed by atoms with Crippen LogP contribution in [-0.4, -0.2) is 46.6 Å². The Balaban J connectivity index is 2.23. The van der Waals surface area contributed by atoms with Crippen molar-refractivity contribution >= 4 is 5.97 Å². The molecule has 0 atom stereocenters. The van der Waals surface area contributed by atoms with E-state index in [9.17, 15) is 4.79 Å². The number of unbranched alkanes of at least 4 members (excludes halogenated alkanes) is 2. The largest absolute Gasteiger partial charge is 0.494 e. The van der Waals surface area contributed by atoms with Crippen molar-refractivity contribution in [3.05, 3.63) is 29.8 Å². The molecular formula is C17H26O5. The molecule has 0 aromatic heterocycles. The molecule has 124 valence electrons. The third-order valence-electron chi connectivity index (χ3n) is 3.08. The monoisotopic (exact) mass is 310 g/mol. The van der Waals surface area contributed by atoms with E-state index in [0.29, 0.717) is 25.4 Å². The van der Waals surface area contributed by atoms with E-state index in [0.717, 1.165) is 38.0 Å². The maximum atomic E-state index is 11.8. The van der Waals surface area contributed by atoms with Crippen LogP contribution in [0.2, 0.25) is 0 Å². The first-order valence-corrected chi connectivity index (χ1v) is 7.65. The topological polar surface area (TPSA) is 54.0 Å². The highest BCUT2D eigenvalue weighted by atomic mass is 16.5. The molecule has 0 amide bonds. The lowest BCUT2D eigenvalue weighted by molar-refractivity contribution is 0.0489. The third kappa shape index (κ3) is 8.00. The molecule has 0 saturated carbocycles. The summed E-state index contributed by atoms with van der Waals surface area (Å²) in [6, 6.07) is 7.03. The van der Waals surface area contributed by atoms with Gasteiger partial charge in [0, 0.05) is 27.4 Å². The molecule has 1 aromatic rings. The molecule has 0 aliphatic heterocycles. The molecule has 5 nitrogen and oxygen atoms in total. The minimum Gasteiger partial charge on any atom is -0.494 e. The molecule has 22 heavy (non-hydrogen) atoms. The molecule has 0 heterocycles. The zero-order valence-corrected chi connectivity index (χ0v) is 13.5. The van der Waals surface area contributed by atoms with Crippen LogP contribution in [0.1, 0.15) is 36.0 Å². The van der Waals surface area contributed by atoms with Crippen molar-refractivity contribution in [1.82, 2.24) is 0 Å². The van der Waals surface area contributed by atoms with Gasteiger partial charge in [-0.3, -0.25) is 0 Å². The average Bonchev–Trinajstić information content (AvgIpc) is 2.55. The summed E-state index contributed by atoms with van der Waals surface area (Å²) in [4.78, 5) is 11.8. The van der Waals surface area contributed by atoms with Crippen LogP contribution in [0.15, 0.2) is 24.3 Å². The Morgan fingerprint density at radius 2 is 1.36 bits per heavy atom. The van der Waals surface area contributed by atoms with E-state index in [2.05, 4.69) is 0 Å². The second kappa shape index (κ2) is 12.0. The number of esters is 1. The van der Waals surface area contributed by atoms with Crippen LogP contribution in [0.4, 0.5) is 0 Å². The van der Waals surface area contributed by atoms with Gasteiger partial charge in [-0.25, -0.2) is 4.79 Å². The number of ether oxygens (including phenoxy) is 4. The first kappa shape index (κ1) is 18.5. The van der Waals surface area contributed by atoms with Crippen molar-refractivity contribution in [2.24, 2.45) is 0 Å². The van der Waals surface area contributed by atoms with Gasteiger partial charge < -0.3 is 18.9 Å². The summed E-state index contributed by atoms with van der Waals surface area (Å²) in [7, 11) is 3.35. The van der Waals surface area contributed by atoms with Gasteiger partial charge in [-0.05, 0) is 49.9 Å². The lowest BCUT2D eigenvalue weighted by Gasteiger charge is -2.07. The van der Waals surface area contributed by atoms with E-state index in [4.69, 9.17) is 18.9 Å². The zero-order chi connectivity index (χ0) is 16.0. The van der Waals surface area contributed by atoms with Crippen LogP contribution < -0.4 is 4.74 Å². The molecule has 0 radical (unpaired) electrons. The fraction of sp³-hybridized carbons (Fsp3) is 0.588. The van der Waals surface area contributed by atoms with Crippen molar-refractivity contribution in [1.29, 1.82) is 0 Å². The molecule has 0 unspecified atom stereocenters. The highest BCUT2D eigenvalue weighted by Gasteiger charge is 2.06. The second-order valence-corrected chi connectivity index (χ2v) is 4.91. The number of benzene rings is 1. The van der Waals surface area contributed by atoms with Crippen molar-refractivity contribution in [3.63, 3.8) is 0 Å². The predicted octanol–water partition coefficient (Wildman–Crippen LogP) is 3.08. The molecular weight excluding hydrogens is 284 g/mol. The Bertz CT molecular complexity index is 402. The van der Waals surface area contributed by atoms with Gasteiger partial charge in [0.2, 0.25) is 0 Å². The Labute approximate surface area is 132 Å². The summed E-state index contributed by atoms with van der Waals surface area (Å²) in [6.45, 7) is 2.50. The van der Waals surface area contributed by atoms with Crippen LogP contribution >= 0.6 is 0 Å². The molecule has 0 bridgehead atoms. The Kier molecular flexibility index (Phi) is 10.1. The average molecular weight is 310 g/mol. The number of carbonyl (C=O) groups is 1. The Hall–Kier alpha value is -1.59. The SMILES string of the molecule is COCCCCOC(=O)c1ccc(OCCCCOC)cc1. The number of rotatable bonds is 12. The standard InChI is InChI=1S/C17H26O5/c1-19-11-3-5-13-21-16-9-7-15(8-10-16)17(18)22-14-6-4-12-20-2/h7-10H,3-6,11-14H2,1-2H3. The molecule has 0 fully saturated rings. The van der Waals surface area contributed by atoms with Gasteiger partial charge in [-0.1, -0.05) is 0 Å². The maximum Gasteiger partial charge on any atom is 0.338 e. The van der Waals surface area contributed by atoms with Gasteiger partial charge in [0.05, 0.1) is 18.8 Å². The quantitative estimate of drug-likeness (QED) is 0.439. The van der Waals surface area contributed by atoms with Crippen LogP contribution in [-0.2, 0) is 14.2 Å². The van der Waals surface area contributed by atoms with Crippen LogP contribution in [0.5, 0.6) is 5.75 Å². The summed E-state index contributed by atoms with van der Waals surface area (Å²) in [5.74, 6) is 0.457. The van der Waals surface area contributed by atoms with E-state index in [1.165, 1.54) is 0 Å². The zero-order valence-electron chi connectivity index (χ0n) is 13.5. The first-order chi connectivity index (χ1) is 10.8. The number of carbonyl (C=O) groups excluding carboxylic acids is 1. The molecule has 5 heteroatoms. The minimum atomic E-state index is -0.302. The summed E-state index contributed by atoms with van der Waals surface area (Å²) >= 11 is 0. The van der Waals surface area contributed by atoms with E-state index < -0.39 is 0 Å². The summed E-state index contributed by atoms with van der Waals surface area (Å²) in [6.07, 6.45) is 3.62. The molecule has 0 N–H and O–H groups in total. The van der Waals surface area contributed by atoms with Gasteiger partial charge >= 0.3 is 5.97 Å². The summed E-state index contributed by atoms with van der Waals surface area (Å²) in [5.41, 5.74) is 0.540. The highest BCUT2D eigenvalue weighted by molar-refractivity contribution is 5.89. The normalized spacial score (nSPS) is 10.5. The molecule has 1 rings (SSSR count). The van der Waals surface area contributed by atoms with Gasteiger partial charge in [-0.2, -0.15) is 0 Å². The summed E-state index contributed by atoms with van der Waals surface area (Å²) < 4.78 is 20.7. The molecule has 0 aliphatic rings. The lowest BCUT2D eigenvalue weighted by atomic mass is 10.2. The van der Waals surface area contributed by atoms with E-state index in [-0.39, 0.29) is 5.97 Å². The highest BCUT2D eigenvalue weighted by Crippen LogP contribution is 2.13. The van der Waals surface area contributed by atoms with Crippen LogP contribution in [0.3, 0.4) is 0 Å². The fourth-order valence-electron chi connectivity index (χ4n) is 1.82. The van der Waals surface area contributed by atoms with Crippen molar-refractivity contribution in [3.8, 4) is 5.75 Å². The smallest absolute Gasteiger partial charge is 0.338 e. The molecule has 0 saturated heterocycles. The maximum absolute atomic E-state index is 11.8. The first-order valence-electron chi connectivity index (χ1n) is 7.65. The van der Waals surface area contributed by atoms with Crippen molar-refractivity contribution in [2.45, 2.75) is 25.7 Å². The van der Waals surface area contributed by atoms with Gasteiger partial charge in [0.25, 0.3) is 0 Å². The van der Waals surface area contributed by atoms with E-state index >= 15 is 0 Å². The Morgan fingerprint density at radius 1 is 0.818 bits per heavy atom. The molecule has 0 spiro atoms. The van der Waals surface area contributed by atoms with Gasteiger partial charge in [0.1, 0.15) is 5.75 Å². The number of hydrogen-bond acceptors (Lipinski definition) is 5. The summed E-state index contributed by atoms with van der Waals surface area (Å²) in [5, 5.41) is 0. The predicted molar refractivity (Wildman–Crippen MR) is 84.4 cm³/mol.